The Kier molecular flexibility index (Phi) is 2.24. The molecule has 1 saturated carbocycles. The Morgan fingerprint density at radius 1 is 1.55 bits per heavy atom. The molecule has 0 aromatic carbocycles. The highest BCUT2D eigenvalue weighted by molar-refractivity contribution is 5.66. The first kappa shape index (κ1) is 13.3. The molecule has 2 fully saturated rings. The third-order valence-electron chi connectivity index (χ3n) is 4.33. The molecule has 0 unspecified atom stereocenters. The van der Waals surface area contributed by atoms with Crippen molar-refractivity contribution in [3.63, 3.8) is 0 Å². The molecule has 1 aliphatic carbocycles. The molecule has 8 nitrogen and oxygen atoms in total. The summed E-state index contributed by atoms with van der Waals surface area (Å²) in [4.78, 5) is 3.64. The van der Waals surface area contributed by atoms with Crippen LogP contribution in [-0.2, 0) is 4.74 Å². The molecule has 1 aliphatic heterocycles. The van der Waals surface area contributed by atoms with Crippen LogP contribution in [0.3, 0.4) is 0 Å². The number of ether oxygens (including phenoxy) is 1. The fourth-order valence-electron chi connectivity index (χ4n) is 3.08. The van der Waals surface area contributed by atoms with Gasteiger partial charge in [-0.1, -0.05) is 0 Å². The first-order valence-corrected chi connectivity index (χ1v) is 6.29. The summed E-state index contributed by atoms with van der Waals surface area (Å²) in [7, 11) is 0. The maximum atomic E-state index is 14.5. The number of nitrogen functional groups attached to an aromatic ring is 1. The number of nitriles is 1. The number of nitrogens with zero attached hydrogens (tertiary/aromatic N) is 4. The summed E-state index contributed by atoms with van der Waals surface area (Å²) in [6.07, 6.45) is -4.21. The van der Waals surface area contributed by atoms with Crippen LogP contribution >= 0.6 is 0 Å². The Morgan fingerprint density at radius 3 is 2.91 bits per heavy atom. The minimum absolute atomic E-state index is 0.0726. The molecule has 0 bridgehead atoms. The average molecular weight is 309 g/mol. The summed E-state index contributed by atoms with van der Waals surface area (Å²) < 4.78 is 34.7. The Morgan fingerprint density at radius 2 is 2.27 bits per heavy atom. The number of hydrogen-bond acceptors (Lipinski definition) is 7. The number of alkyl halides is 1. The van der Waals surface area contributed by atoms with Gasteiger partial charge in [-0.3, -0.25) is 0 Å². The van der Waals surface area contributed by atoms with E-state index in [1.54, 1.807) is 6.07 Å². The normalized spacial score (nSPS) is 39.7. The Hall–Kier alpha value is -2.35. The molecule has 0 amide bonds. The predicted octanol–water partition coefficient (Wildman–Crippen LogP) is -0.772. The Bertz CT molecular complexity index is 851. The van der Waals surface area contributed by atoms with Gasteiger partial charge in [-0.25, -0.2) is 18.3 Å². The second-order valence-electron chi connectivity index (χ2n) is 5.34. The van der Waals surface area contributed by atoms with Crippen molar-refractivity contribution in [1.29, 1.82) is 5.26 Å². The lowest BCUT2D eigenvalue weighted by Crippen LogP contribution is -2.31. The van der Waals surface area contributed by atoms with Crippen LogP contribution in [0.4, 0.5) is 14.6 Å². The number of nitrogens with two attached hydrogens (primary N) is 1. The molecule has 1 saturated heterocycles. The predicted molar refractivity (Wildman–Crippen MR) is 65.4 cm³/mol. The van der Waals surface area contributed by atoms with Gasteiger partial charge in [0.2, 0.25) is 5.60 Å². The fraction of sp³-hybridized carbons (Fsp3) is 0.417. The number of aromatic nitrogens is 3. The van der Waals surface area contributed by atoms with E-state index in [1.165, 1.54) is 0 Å². The first-order valence-electron chi connectivity index (χ1n) is 6.29. The van der Waals surface area contributed by atoms with Crippen molar-refractivity contribution >= 4 is 11.3 Å². The maximum Gasteiger partial charge on any atom is 0.218 e. The van der Waals surface area contributed by atoms with Gasteiger partial charge in [0.1, 0.15) is 30.1 Å². The van der Waals surface area contributed by atoms with E-state index in [0.717, 1.165) is 16.9 Å². The standard InChI is InChI=1S/C12H9F2N5O3/c13-4-1-5(19-6(4)9(16)17-3-18-19)7-8(14)12(21)10(20)11(12,2-15)22-7/h1,3,7-8,10,20-21H,(H2,16,17,18)/t7-,8-,10+,11+,12+/m0/s1. The van der Waals surface area contributed by atoms with Crippen molar-refractivity contribution in [2.75, 3.05) is 5.73 Å². The highest BCUT2D eigenvalue weighted by Crippen LogP contribution is 2.64. The lowest BCUT2D eigenvalue weighted by atomic mass is 10.1. The van der Waals surface area contributed by atoms with Crippen molar-refractivity contribution in [3.05, 3.63) is 23.9 Å². The number of rotatable bonds is 1. The van der Waals surface area contributed by atoms with Gasteiger partial charge < -0.3 is 20.7 Å². The van der Waals surface area contributed by atoms with Crippen molar-refractivity contribution < 1.29 is 23.7 Å². The van der Waals surface area contributed by atoms with Crippen molar-refractivity contribution in [2.24, 2.45) is 0 Å². The summed E-state index contributed by atoms with van der Waals surface area (Å²) in [5.41, 5.74) is 0.918. The number of hydrogen-bond donors (Lipinski definition) is 3. The number of anilines is 1. The first-order chi connectivity index (χ1) is 10.4. The molecule has 10 heteroatoms. The fourth-order valence-corrected chi connectivity index (χ4v) is 3.08. The van der Waals surface area contributed by atoms with Crippen molar-refractivity contribution in [3.8, 4) is 6.07 Å². The van der Waals surface area contributed by atoms with Crippen LogP contribution in [0.1, 0.15) is 11.8 Å². The van der Waals surface area contributed by atoms with Crippen LogP contribution in [-0.4, -0.2) is 48.3 Å². The minimum Gasteiger partial charge on any atom is -0.386 e. The zero-order chi connectivity index (χ0) is 15.9. The van der Waals surface area contributed by atoms with Gasteiger partial charge in [0.25, 0.3) is 0 Å². The molecular formula is C12H9F2N5O3. The largest absolute Gasteiger partial charge is 0.386 e. The summed E-state index contributed by atoms with van der Waals surface area (Å²) in [5.74, 6) is -0.936. The van der Waals surface area contributed by atoms with E-state index in [4.69, 9.17) is 15.7 Å². The van der Waals surface area contributed by atoms with E-state index in [2.05, 4.69) is 10.1 Å². The summed E-state index contributed by atoms with van der Waals surface area (Å²) in [5, 5.41) is 32.5. The highest BCUT2D eigenvalue weighted by Gasteiger charge is 2.89. The van der Waals surface area contributed by atoms with Crippen molar-refractivity contribution in [1.82, 2.24) is 14.6 Å². The van der Waals surface area contributed by atoms with E-state index < -0.39 is 35.4 Å². The van der Waals surface area contributed by atoms with E-state index in [9.17, 15) is 19.0 Å². The molecule has 5 atom stereocenters. The number of fused-ring (bicyclic) bond motifs is 2. The molecule has 22 heavy (non-hydrogen) atoms. The summed E-state index contributed by atoms with van der Waals surface area (Å²) in [6, 6.07) is 2.53. The Balaban J connectivity index is 1.86. The number of aliphatic hydroxyl groups is 2. The smallest absolute Gasteiger partial charge is 0.218 e. The molecule has 2 aromatic heterocycles. The average Bonchev–Trinajstić information content (AvgIpc) is 2.75. The molecule has 3 heterocycles. The number of aliphatic hydroxyl groups excluding tert-OH is 1. The quantitative estimate of drug-likeness (QED) is 0.630. The second kappa shape index (κ2) is 3.70. The molecule has 0 radical (unpaired) electrons. The monoisotopic (exact) mass is 309 g/mol. The molecule has 2 aliphatic rings. The van der Waals surface area contributed by atoms with E-state index >= 15 is 0 Å². The van der Waals surface area contributed by atoms with Crippen LogP contribution in [0.15, 0.2) is 12.4 Å². The van der Waals surface area contributed by atoms with E-state index in [0.29, 0.717) is 0 Å². The van der Waals surface area contributed by atoms with Gasteiger partial charge >= 0.3 is 0 Å². The van der Waals surface area contributed by atoms with Gasteiger partial charge in [0.15, 0.2) is 23.4 Å². The third-order valence-corrected chi connectivity index (χ3v) is 4.33. The Labute approximate surface area is 121 Å². The van der Waals surface area contributed by atoms with E-state index in [-0.39, 0.29) is 17.0 Å². The molecule has 114 valence electrons. The lowest BCUT2D eigenvalue weighted by Gasteiger charge is -2.18. The lowest BCUT2D eigenvalue weighted by molar-refractivity contribution is -0.0438. The summed E-state index contributed by atoms with van der Waals surface area (Å²) in [6.45, 7) is 0. The molecule has 2 aromatic rings. The van der Waals surface area contributed by atoms with Crippen LogP contribution in [0.25, 0.3) is 5.52 Å². The van der Waals surface area contributed by atoms with Gasteiger partial charge in [-0.2, -0.15) is 10.4 Å². The van der Waals surface area contributed by atoms with Crippen LogP contribution in [0.5, 0.6) is 0 Å². The van der Waals surface area contributed by atoms with Gasteiger partial charge in [0, 0.05) is 6.07 Å². The van der Waals surface area contributed by atoms with Gasteiger partial charge in [-0.05, 0) is 0 Å². The van der Waals surface area contributed by atoms with Gasteiger partial charge in [-0.15, -0.1) is 0 Å². The highest BCUT2D eigenvalue weighted by atomic mass is 19.1. The SMILES string of the molecule is N#C[C@]12O[C@@H](c3cc(F)c4c(N)ncnn34)[C@H](F)[C@@]1(O)[C@@H]2O. The summed E-state index contributed by atoms with van der Waals surface area (Å²) >= 11 is 0. The zero-order valence-electron chi connectivity index (χ0n) is 10.8. The number of halogens is 2. The maximum absolute atomic E-state index is 14.5. The molecule has 4 N–H and O–H groups in total. The third kappa shape index (κ3) is 1.17. The zero-order valence-corrected chi connectivity index (χ0v) is 10.8. The van der Waals surface area contributed by atoms with Crippen LogP contribution in [0.2, 0.25) is 0 Å². The van der Waals surface area contributed by atoms with E-state index in [1.807, 2.05) is 0 Å². The van der Waals surface area contributed by atoms with Crippen LogP contribution in [0, 0.1) is 17.1 Å². The molecular weight excluding hydrogens is 300 g/mol. The molecule has 0 spiro atoms. The molecule has 4 rings (SSSR count). The second-order valence-corrected chi connectivity index (χ2v) is 5.34. The van der Waals surface area contributed by atoms with Crippen molar-refractivity contribution in [2.45, 2.75) is 29.6 Å². The van der Waals surface area contributed by atoms with Crippen LogP contribution < -0.4 is 5.73 Å². The van der Waals surface area contributed by atoms with Gasteiger partial charge in [0.05, 0.1) is 5.69 Å². The topological polar surface area (TPSA) is 130 Å². The minimum atomic E-state index is -2.34.